The van der Waals surface area contributed by atoms with Crippen molar-refractivity contribution < 1.29 is 14.3 Å². The predicted molar refractivity (Wildman–Crippen MR) is 71.8 cm³/mol. The van der Waals surface area contributed by atoms with Crippen LogP contribution in [0.25, 0.3) is 0 Å². The Kier molecular flexibility index (Phi) is 4.01. The van der Waals surface area contributed by atoms with Gasteiger partial charge in [-0.1, -0.05) is 0 Å². The molecule has 1 aromatic heterocycles. The number of non-ortho nitro benzene ring substituents is 1. The Labute approximate surface area is 117 Å². The minimum Gasteiger partial charge on any atom is -0.287 e. The van der Waals surface area contributed by atoms with Crippen LogP contribution >= 0.6 is 15.9 Å². The summed E-state index contributed by atoms with van der Waals surface area (Å²) in [5.74, 6) is -0.0991. The van der Waals surface area contributed by atoms with Crippen LogP contribution in [0.3, 0.4) is 0 Å². The lowest BCUT2D eigenvalue weighted by Gasteiger charge is -1.98. The topological polar surface area (TPSA) is 64.1 Å². The summed E-state index contributed by atoms with van der Waals surface area (Å²) in [5.41, 5.74) is 0.435. The fourth-order valence-corrected chi connectivity index (χ4v) is 2.03. The van der Waals surface area contributed by atoms with Gasteiger partial charge in [0.2, 0.25) is 12.3 Å². The number of halogens is 1. The summed E-state index contributed by atoms with van der Waals surface area (Å²) in [6.07, 6.45) is 3.58. The van der Waals surface area contributed by atoms with Gasteiger partial charge in [-0.15, -0.1) is 0 Å². The Morgan fingerprint density at radius 1 is 1.26 bits per heavy atom. The molecular formula is C13H10BrN2O3+. The van der Waals surface area contributed by atoms with E-state index in [1.807, 2.05) is 12.1 Å². The summed E-state index contributed by atoms with van der Waals surface area (Å²) in [6.45, 7) is 0.192. The number of carbonyl (C=O) groups is 1. The molecule has 0 atom stereocenters. The third-order valence-electron chi connectivity index (χ3n) is 2.55. The molecule has 19 heavy (non-hydrogen) atoms. The average molecular weight is 322 g/mol. The first-order valence-corrected chi connectivity index (χ1v) is 6.28. The lowest BCUT2D eigenvalue weighted by Crippen LogP contribution is -2.37. The van der Waals surface area contributed by atoms with Crippen molar-refractivity contribution in [1.82, 2.24) is 0 Å². The molecule has 0 fully saturated rings. The summed E-state index contributed by atoms with van der Waals surface area (Å²) in [5, 5.41) is 10.5. The van der Waals surface area contributed by atoms with Crippen molar-refractivity contribution in [2.75, 3.05) is 0 Å². The van der Waals surface area contributed by atoms with Gasteiger partial charge in [-0.05, 0) is 34.1 Å². The third-order valence-corrected chi connectivity index (χ3v) is 3.02. The first-order valence-electron chi connectivity index (χ1n) is 5.48. The second-order valence-electron chi connectivity index (χ2n) is 3.92. The number of nitro groups is 1. The second kappa shape index (κ2) is 5.71. The minimum absolute atomic E-state index is 0.0216. The number of rotatable bonds is 4. The second-order valence-corrected chi connectivity index (χ2v) is 4.84. The molecule has 0 radical (unpaired) electrons. The molecule has 0 saturated carbocycles. The molecule has 0 aliphatic carbocycles. The first kappa shape index (κ1) is 13.4. The van der Waals surface area contributed by atoms with E-state index in [4.69, 9.17) is 0 Å². The highest BCUT2D eigenvalue weighted by molar-refractivity contribution is 9.10. The van der Waals surface area contributed by atoms with E-state index in [0.717, 1.165) is 4.47 Å². The number of hydrogen-bond donors (Lipinski definition) is 0. The zero-order valence-electron chi connectivity index (χ0n) is 9.82. The summed E-state index contributed by atoms with van der Waals surface area (Å²) in [4.78, 5) is 22.0. The Morgan fingerprint density at radius 3 is 2.53 bits per heavy atom. The lowest BCUT2D eigenvalue weighted by molar-refractivity contribution is -0.683. The maximum absolute atomic E-state index is 12.0. The van der Waals surface area contributed by atoms with Crippen LogP contribution in [0.15, 0.2) is 53.3 Å². The van der Waals surface area contributed by atoms with Crippen LogP contribution in [0, 0.1) is 10.1 Å². The average Bonchev–Trinajstić information content (AvgIpc) is 2.39. The van der Waals surface area contributed by atoms with Crippen LogP contribution in [-0.2, 0) is 6.54 Å². The van der Waals surface area contributed by atoms with Gasteiger partial charge < -0.3 is 0 Å². The number of benzene rings is 1. The van der Waals surface area contributed by atoms with Crippen LogP contribution in [0.1, 0.15) is 10.4 Å². The Bertz CT molecular complexity index is 626. The first-order chi connectivity index (χ1) is 9.06. The number of nitrogens with zero attached hydrogens (tertiary/aromatic N) is 2. The zero-order chi connectivity index (χ0) is 13.8. The number of aromatic nitrogens is 1. The van der Waals surface area contributed by atoms with Gasteiger partial charge in [-0.25, -0.2) is 0 Å². The molecule has 1 aromatic carbocycles. The van der Waals surface area contributed by atoms with E-state index in [2.05, 4.69) is 15.9 Å². The smallest absolute Gasteiger partial charge is 0.269 e. The maximum atomic E-state index is 12.0. The fourth-order valence-electron chi connectivity index (χ4n) is 1.61. The van der Waals surface area contributed by atoms with Crippen molar-refractivity contribution in [2.24, 2.45) is 0 Å². The minimum atomic E-state index is -0.489. The SMILES string of the molecule is O=C(C[n+]1cccc(Br)c1)c1ccc([N+](=O)[O-])cc1. The van der Waals surface area contributed by atoms with Crippen LogP contribution < -0.4 is 4.57 Å². The van der Waals surface area contributed by atoms with Crippen molar-refractivity contribution in [3.63, 3.8) is 0 Å². The van der Waals surface area contributed by atoms with E-state index >= 15 is 0 Å². The predicted octanol–water partition coefficient (Wildman–Crippen LogP) is 2.53. The number of pyridine rings is 1. The van der Waals surface area contributed by atoms with E-state index in [9.17, 15) is 14.9 Å². The van der Waals surface area contributed by atoms with Gasteiger partial charge in [-0.3, -0.25) is 14.9 Å². The summed E-state index contributed by atoms with van der Waals surface area (Å²) in [7, 11) is 0. The molecule has 0 amide bonds. The van der Waals surface area contributed by atoms with E-state index in [1.165, 1.54) is 24.3 Å². The molecule has 0 aliphatic rings. The van der Waals surface area contributed by atoms with E-state index in [0.29, 0.717) is 5.56 Å². The molecule has 0 bridgehead atoms. The molecule has 2 aromatic rings. The van der Waals surface area contributed by atoms with E-state index in [-0.39, 0.29) is 18.0 Å². The molecular weight excluding hydrogens is 312 g/mol. The van der Waals surface area contributed by atoms with Crippen molar-refractivity contribution in [2.45, 2.75) is 6.54 Å². The van der Waals surface area contributed by atoms with Crippen molar-refractivity contribution in [1.29, 1.82) is 0 Å². The third kappa shape index (κ3) is 3.45. The molecule has 0 spiro atoms. The van der Waals surface area contributed by atoms with Crippen molar-refractivity contribution in [3.05, 3.63) is 68.9 Å². The molecule has 0 aliphatic heterocycles. The number of carbonyl (C=O) groups excluding carboxylic acids is 1. The number of nitro benzene ring substituents is 1. The molecule has 0 unspecified atom stereocenters. The molecule has 0 saturated heterocycles. The Hall–Kier alpha value is -2.08. The van der Waals surface area contributed by atoms with Gasteiger partial charge in [0.05, 0.1) is 9.40 Å². The molecule has 6 heteroatoms. The normalized spacial score (nSPS) is 10.2. The van der Waals surface area contributed by atoms with Gasteiger partial charge in [0.15, 0.2) is 12.4 Å². The maximum Gasteiger partial charge on any atom is 0.269 e. The molecule has 1 heterocycles. The van der Waals surface area contributed by atoms with Crippen LogP contribution in [-0.4, -0.2) is 10.7 Å². The zero-order valence-corrected chi connectivity index (χ0v) is 11.4. The summed E-state index contributed by atoms with van der Waals surface area (Å²) in [6, 6.07) is 9.30. The Balaban J connectivity index is 2.14. The van der Waals surface area contributed by atoms with E-state index in [1.54, 1.807) is 17.0 Å². The largest absolute Gasteiger partial charge is 0.287 e. The standard InChI is InChI=1S/C13H10BrN2O3/c14-11-2-1-7-15(8-11)9-13(17)10-3-5-12(6-4-10)16(18)19/h1-8H,9H2/q+1. The van der Waals surface area contributed by atoms with Gasteiger partial charge in [0, 0.05) is 23.8 Å². The van der Waals surface area contributed by atoms with Gasteiger partial charge in [-0.2, -0.15) is 4.57 Å². The monoisotopic (exact) mass is 321 g/mol. The quantitative estimate of drug-likeness (QED) is 0.376. The summed E-state index contributed by atoms with van der Waals surface area (Å²) < 4.78 is 2.62. The van der Waals surface area contributed by atoms with Gasteiger partial charge in [0.1, 0.15) is 0 Å². The van der Waals surface area contributed by atoms with E-state index < -0.39 is 4.92 Å². The van der Waals surface area contributed by atoms with Crippen molar-refractivity contribution >= 4 is 27.4 Å². The van der Waals surface area contributed by atoms with Gasteiger partial charge in [0.25, 0.3) is 5.69 Å². The molecule has 96 valence electrons. The van der Waals surface area contributed by atoms with Crippen LogP contribution in [0.4, 0.5) is 5.69 Å². The molecule has 5 nitrogen and oxygen atoms in total. The molecule has 2 rings (SSSR count). The number of ketones is 1. The van der Waals surface area contributed by atoms with Crippen LogP contribution in [0.2, 0.25) is 0 Å². The van der Waals surface area contributed by atoms with Crippen molar-refractivity contribution in [3.8, 4) is 0 Å². The molecule has 0 N–H and O–H groups in total. The van der Waals surface area contributed by atoms with Crippen LogP contribution in [0.5, 0.6) is 0 Å². The summed E-state index contributed by atoms with van der Waals surface area (Å²) >= 11 is 3.33. The lowest BCUT2D eigenvalue weighted by atomic mass is 10.1. The highest BCUT2D eigenvalue weighted by Gasteiger charge is 2.13. The highest BCUT2D eigenvalue weighted by atomic mass is 79.9. The van der Waals surface area contributed by atoms with Gasteiger partial charge >= 0.3 is 0 Å². The number of hydrogen-bond acceptors (Lipinski definition) is 3. The number of Topliss-reactive ketones (excluding diaryl/α,β-unsaturated/α-hetero) is 1. The fraction of sp³-hybridized carbons (Fsp3) is 0.0769. The highest BCUT2D eigenvalue weighted by Crippen LogP contribution is 2.12. The Morgan fingerprint density at radius 2 is 1.95 bits per heavy atom.